The highest BCUT2D eigenvalue weighted by molar-refractivity contribution is 5.38. The number of aryl methyl sites for hydroxylation is 1. The number of hydrogen-bond donors (Lipinski definition) is 3. The van der Waals surface area contributed by atoms with Crippen LogP contribution < -0.4 is 5.73 Å². The van der Waals surface area contributed by atoms with Gasteiger partial charge in [0.15, 0.2) is 0 Å². The van der Waals surface area contributed by atoms with E-state index in [9.17, 15) is 10.2 Å². The van der Waals surface area contributed by atoms with E-state index in [1.807, 2.05) is 33.8 Å². The van der Waals surface area contributed by atoms with Gasteiger partial charge in [0, 0.05) is 5.56 Å². The summed E-state index contributed by atoms with van der Waals surface area (Å²) in [6, 6.07) is 4.74. The molecule has 0 amide bonds. The van der Waals surface area contributed by atoms with Crippen LogP contribution in [0, 0.1) is 12.3 Å². The van der Waals surface area contributed by atoms with Gasteiger partial charge in [-0.1, -0.05) is 32.9 Å². The van der Waals surface area contributed by atoms with Crippen molar-refractivity contribution < 1.29 is 10.2 Å². The molecule has 1 rings (SSSR count). The molecule has 3 heteroatoms. The van der Waals surface area contributed by atoms with Crippen LogP contribution in [0.1, 0.15) is 37.9 Å². The summed E-state index contributed by atoms with van der Waals surface area (Å²) in [7, 11) is 0. The lowest BCUT2D eigenvalue weighted by molar-refractivity contribution is 0.0395. The summed E-state index contributed by atoms with van der Waals surface area (Å²) >= 11 is 0. The number of nitrogens with two attached hydrogens (primary N) is 1. The molecule has 3 nitrogen and oxygen atoms in total. The van der Waals surface area contributed by atoms with Crippen molar-refractivity contribution in [2.45, 2.75) is 39.8 Å². The van der Waals surface area contributed by atoms with E-state index >= 15 is 0 Å². The van der Waals surface area contributed by atoms with E-state index in [-0.39, 0.29) is 11.2 Å². The van der Waals surface area contributed by atoms with Gasteiger partial charge in [-0.25, -0.2) is 0 Å². The van der Waals surface area contributed by atoms with Gasteiger partial charge in [0.25, 0.3) is 0 Å². The largest absolute Gasteiger partial charge is 0.508 e. The number of aromatic hydroxyl groups is 1. The van der Waals surface area contributed by atoms with Crippen molar-refractivity contribution in [1.82, 2.24) is 0 Å². The first-order valence-corrected chi connectivity index (χ1v) is 5.46. The number of phenols is 1. The predicted octanol–water partition coefficient (Wildman–Crippen LogP) is 2.11. The predicted molar refractivity (Wildman–Crippen MR) is 65.2 cm³/mol. The standard InChI is InChI=1S/C13H21NO2/c1-8-5-6-9(10(15)7-8)11(14)12(16)13(2,3)4/h5-7,11-12,15-16H,14H2,1-4H3/t11-,12-/m0/s1. The van der Waals surface area contributed by atoms with Crippen molar-refractivity contribution in [3.8, 4) is 5.75 Å². The molecular formula is C13H21NO2. The van der Waals surface area contributed by atoms with Crippen molar-refractivity contribution in [2.75, 3.05) is 0 Å². The first-order valence-electron chi connectivity index (χ1n) is 5.46. The Balaban J connectivity index is 3.01. The molecule has 16 heavy (non-hydrogen) atoms. The maximum atomic E-state index is 10.1. The lowest BCUT2D eigenvalue weighted by Crippen LogP contribution is -2.37. The highest BCUT2D eigenvalue weighted by Gasteiger charge is 2.30. The molecule has 0 bridgehead atoms. The number of phenolic OH excluding ortho intramolecular Hbond substituents is 1. The van der Waals surface area contributed by atoms with E-state index in [4.69, 9.17) is 5.73 Å². The molecule has 0 spiro atoms. The fourth-order valence-corrected chi connectivity index (χ4v) is 1.64. The van der Waals surface area contributed by atoms with Gasteiger partial charge in [0.05, 0.1) is 12.1 Å². The van der Waals surface area contributed by atoms with Gasteiger partial charge >= 0.3 is 0 Å². The van der Waals surface area contributed by atoms with Gasteiger partial charge in [-0.2, -0.15) is 0 Å². The lowest BCUT2D eigenvalue weighted by Gasteiger charge is -2.31. The molecule has 0 aromatic heterocycles. The highest BCUT2D eigenvalue weighted by atomic mass is 16.3. The molecule has 90 valence electrons. The minimum absolute atomic E-state index is 0.149. The Morgan fingerprint density at radius 3 is 2.25 bits per heavy atom. The summed E-state index contributed by atoms with van der Waals surface area (Å²) in [5.74, 6) is 0.149. The van der Waals surface area contributed by atoms with Gasteiger partial charge < -0.3 is 15.9 Å². The second-order valence-corrected chi connectivity index (χ2v) is 5.40. The van der Waals surface area contributed by atoms with Crippen molar-refractivity contribution in [3.63, 3.8) is 0 Å². The summed E-state index contributed by atoms with van der Waals surface area (Å²) in [6.45, 7) is 7.66. The Bertz CT molecular complexity index is 369. The molecule has 1 aromatic carbocycles. The monoisotopic (exact) mass is 223 g/mol. The van der Waals surface area contributed by atoms with E-state index < -0.39 is 12.1 Å². The summed E-state index contributed by atoms with van der Waals surface area (Å²) in [5.41, 5.74) is 7.22. The van der Waals surface area contributed by atoms with Crippen LogP contribution in [0.25, 0.3) is 0 Å². The van der Waals surface area contributed by atoms with Crippen molar-refractivity contribution in [3.05, 3.63) is 29.3 Å². The Morgan fingerprint density at radius 1 is 1.25 bits per heavy atom. The lowest BCUT2D eigenvalue weighted by atomic mass is 9.82. The molecular weight excluding hydrogens is 202 g/mol. The zero-order valence-electron chi connectivity index (χ0n) is 10.4. The molecule has 0 aliphatic rings. The van der Waals surface area contributed by atoms with Crippen LogP contribution in [-0.2, 0) is 0 Å². The number of aliphatic hydroxyl groups is 1. The van der Waals surface area contributed by atoms with Gasteiger partial charge in [0.2, 0.25) is 0 Å². The molecule has 0 aliphatic heterocycles. The van der Waals surface area contributed by atoms with E-state index in [1.54, 1.807) is 12.1 Å². The van der Waals surface area contributed by atoms with Crippen LogP contribution in [0.3, 0.4) is 0 Å². The molecule has 0 fully saturated rings. The molecule has 4 N–H and O–H groups in total. The molecule has 0 radical (unpaired) electrons. The maximum absolute atomic E-state index is 10.1. The Morgan fingerprint density at radius 2 is 1.81 bits per heavy atom. The molecule has 1 aromatic rings. The van der Waals surface area contributed by atoms with Crippen molar-refractivity contribution in [2.24, 2.45) is 11.1 Å². The van der Waals surface area contributed by atoms with Gasteiger partial charge in [-0.3, -0.25) is 0 Å². The van der Waals surface area contributed by atoms with Gasteiger partial charge in [-0.05, 0) is 24.0 Å². The Labute approximate surface area is 96.9 Å². The number of hydrogen-bond acceptors (Lipinski definition) is 3. The topological polar surface area (TPSA) is 66.5 Å². The highest BCUT2D eigenvalue weighted by Crippen LogP contribution is 2.32. The third-order valence-corrected chi connectivity index (χ3v) is 2.77. The summed E-state index contributed by atoms with van der Waals surface area (Å²) in [5, 5.41) is 19.9. The van der Waals surface area contributed by atoms with Crippen LogP contribution in [0.2, 0.25) is 0 Å². The van der Waals surface area contributed by atoms with Gasteiger partial charge in [-0.15, -0.1) is 0 Å². The molecule has 2 atom stereocenters. The molecule has 0 unspecified atom stereocenters. The number of benzene rings is 1. The summed E-state index contributed by atoms with van der Waals surface area (Å²) in [4.78, 5) is 0. The summed E-state index contributed by atoms with van der Waals surface area (Å²) < 4.78 is 0. The number of aliphatic hydroxyl groups excluding tert-OH is 1. The first-order chi connectivity index (χ1) is 7.23. The van der Waals surface area contributed by atoms with E-state index in [0.29, 0.717) is 5.56 Å². The van der Waals surface area contributed by atoms with Crippen LogP contribution in [0.4, 0.5) is 0 Å². The van der Waals surface area contributed by atoms with Crippen LogP contribution in [0.5, 0.6) is 5.75 Å². The summed E-state index contributed by atoms with van der Waals surface area (Å²) in [6.07, 6.45) is -0.693. The second kappa shape index (κ2) is 4.44. The van der Waals surface area contributed by atoms with Crippen molar-refractivity contribution in [1.29, 1.82) is 0 Å². The third kappa shape index (κ3) is 2.74. The fraction of sp³-hybridized carbons (Fsp3) is 0.538. The van der Waals surface area contributed by atoms with E-state index in [1.165, 1.54) is 0 Å². The number of rotatable bonds is 2. The normalized spacial score (nSPS) is 15.9. The zero-order valence-corrected chi connectivity index (χ0v) is 10.4. The molecule has 0 saturated carbocycles. The maximum Gasteiger partial charge on any atom is 0.120 e. The molecule has 0 aliphatic carbocycles. The third-order valence-electron chi connectivity index (χ3n) is 2.77. The average Bonchev–Trinajstić information content (AvgIpc) is 2.14. The zero-order chi connectivity index (χ0) is 12.5. The molecule has 0 heterocycles. The van der Waals surface area contributed by atoms with Gasteiger partial charge in [0.1, 0.15) is 5.75 Å². The smallest absolute Gasteiger partial charge is 0.120 e. The minimum Gasteiger partial charge on any atom is -0.508 e. The minimum atomic E-state index is -0.693. The quantitative estimate of drug-likeness (QED) is 0.719. The van der Waals surface area contributed by atoms with E-state index in [0.717, 1.165) is 5.56 Å². The Kier molecular flexibility index (Phi) is 3.61. The van der Waals surface area contributed by atoms with E-state index in [2.05, 4.69) is 0 Å². The molecule has 0 saturated heterocycles. The van der Waals surface area contributed by atoms with Crippen LogP contribution >= 0.6 is 0 Å². The van der Waals surface area contributed by atoms with Crippen molar-refractivity contribution >= 4 is 0 Å². The second-order valence-electron chi connectivity index (χ2n) is 5.40. The first kappa shape index (κ1) is 13.0. The average molecular weight is 223 g/mol. The SMILES string of the molecule is Cc1ccc([C@H](N)[C@H](O)C(C)(C)C)c(O)c1. The Hall–Kier alpha value is -1.06. The van der Waals surface area contributed by atoms with Crippen LogP contribution in [0.15, 0.2) is 18.2 Å². The fourth-order valence-electron chi connectivity index (χ4n) is 1.64. The van der Waals surface area contributed by atoms with Crippen LogP contribution in [-0.4, -0.2) is 16.3 Å².